The number of carbonyl (C=O) groups excluding carboxylic acids is 2. The first-order valence-corrected chi connectivity index (χ1v) is 8.54. The maximum Gasteiger partial charge on any atom is 0.262 e. The first-order chi connectivity index (χ1) is 11.0. The van der Waals surface area contributed by atoms with Crippen molar-refractivity contribution in [2.75, 3.05) is 13.2 Å². The summed E-state index contributed by atoms with van der Waals surface area (Å²) >= 11 is 0. The Bertz CT molecular complexity index is 530. The molecule has 0 aromatic heterocycles. The molecule has 126 valence electrons. The molecule has 1 aromatic rings. The lowest BCUT2D eigenvalue weighted by Crippen LogP contribution is -2.50. The SMILES string of the molecule is CCCCCCCOCC(C)(C)N1C(=O)c2ccccc2C1=O. The Balaban J connectivity index is 1.88. The van der Waals surface area contributed by atoms with Crippen molar-refractivity contribution < 1.29 is 14.3 Å². The topological polar surface area (TPSA) is 46.6 Å². The summed E-state index contributed by atoms with van der Waals surface area (Å²) in [5.74, 6) is -0.440. The van der Waals surface area contributed by atoms with Gasteiger partial charge in [0.1, 0.15) is 0 Å². The van der Waals surface area contributed by atoms with Crippen LogP contribution in [0.3, 0.4) is 0 Å². The molecular weight excluding hydrogens is 290 g/mol. The van der Waals surface area contributed by atoms with E-state index < -0.39 is 5.54 Å². The Morgan fingerprint density at radius 1 is 0.957 bits per heavy atom. The molecule has 2 amide bonds. The number of hydrogen-bond acceptors (Lipinski definition) is 3. The van der Waals surface area contributed by atoms with Gasteiger partial charge in [0.05, 0.1) is 23.3 Å². The van der Waals surface area contributed by atoms with Crippen LogP contribution >= 0.6 is 0 Å². The first kappa shape index (κ1) is 17.7. The molecule has 4 nitrogen and oxygen atoms in total. The third-order valence-corrected chi connectivity index (χ3v) is 4.25. The molecule has 0 saturated carbocycles. The van der Waals surface area contributed by atoms with E-state index in [-0.39, 0.29) is 11.8 Å². The minimum Gasteiger partial charge on any atom is -0.379 e. The fraction of sp³-hybridized carbons (Fsp3) is 0.579. The molecule has 2 rings (SSSR count). The van der Waals surface area contributed by atoms with Gasteiger partial charge in [0.2, 0.25) is 0 Å². The summed E-state index contributed by atoms with van der Waals surface area (Å²) in [6.07, 6.45) is 5.93. The summed E-state index contributed by atoms with van der Waals surface area (Å²) in [4.78, 5) is 26.4. The minimum absolute atomic E-state index is 0.220. The van der Waals surface area contributed by atoms with Crippen molar-refractivity contribution in [2.45, 2.75) is 58.4 Å². The van der Waals surface area contributed by atoms with Crippen molar-refractivity contribution in [1.82, 2.24) is 4.90 Å². The van der Waals surface area contributed by atoms with E-state index in [1.807, 2.05) is 13.8 Å². The Morgan fingerprint density at radius 2 is 1.52 bits per heavy atom. The van der Waals surface area contributed by atoms with E-state index in [2.05, 4.69) is 6.92 Å². The zero-order chi connectivity index (χ0) is 16.9. The van der Waals surface area contributed by atoms with Crippen LogP contribution in [0.4, 0.5) is 0 Å². The lowest BCUT2D eigenvalue weighted by Gasteiger charge is -2.33. The molecule has 0 unspecified atom stereocenters. The van der Waals surface area contributed by atoms with E-state index in [1.165, 1.54) is 30.6 Å². The largest absolute Gasteiger partial charge is 0.379 e. The van der Waals surface area contributed by atoms with Crippen molar-refractivity contribution in [3.8, 4) is 0 Å². The van der Waals surface area contributed by atoms with Crippen LogP contribution in [0.5, 0.6) is 0 Å². The quantitative estimate of drug-likeness (QED) is 0.510. The highest BCUT2D eigenvalue weighted by molar-refractivity contribution is 6.21. The molecule has 0 saturated heterocycles. The smallest absolute Gasteiger partial charge is 0.262 e. The molecule has 0 spiro atoms. The van der Waals surface area contributed by atoms with Crippen LogP contribution in [-0.4, -0.2) is 35.5 Å². The summed E-state index contributed by atoms with van der Waals surface area (Å²) in [5.41, 5.74) is 0.339. The number of benzene rings is 1. The van der Waals surface area contributed by atoms with Gasteiger partial charge in [-0.15, -0.1) is 0 Å². The second kappa shape index (κ2) is 7.73. The van der Waals surface area contributed by atoms with E-state index in [0.717, 1.165) is 6.42 Å². The second-order valence-corrected chi connectivity index (χ2v) is 6.77. The zero-order valence-corrected chi connectivity index (χ0v) is 14.4. The molecule has 1 aromatic carbocycles. The lowest BCUT2D eigenvalue weighted by atomic mass is 10.0. The lowest BCUT2D eigenvalue weighted by molar-refractivity contribution is 0.0154. The van der Waals surface area contributed by atoms with Crippen LogP contribution in [0, 0.1) is 0 Å². The normalized spacial score (nSPS) is 14.5. The van der Waals surface area contributed by atoms with E-state index in [4.69, 9.17) is 4.74 Å². The van der Waals surface area contributed by atoms with E-state index >= 15 is 0 Å². The Hall–Kier alpha value is -1.68. The Kier molecular flexibility index (Phi) is 5.94. The maximum atomic E-state index is 12.5. The van der Waals surface area contributed by atoms with Crippen LogP contribution in [0.2, 0.25) is 0 Å². The number of imide groups is 1. The van der Waals surface area contributed by atoms with Crippen molar-refractivity contribution in [3.05, 3.63) is 35.4 Å². The van der Waals surface area contributed by atoms with E-state index in [0.29, 0.717) is 24.3 Å². The van der Waals surface area contributed by atoms with Gasteiger partial charge in [-0.2, -0.15) is 0 Å². The highest BCUT2D eigenvalue weighted by Gasteiger charge is 2.43. The molecule has 23 heavy (non-hydrogen) atoms. The van der Waals surface area contributed by atoms with Crippen LogP contribution in [0.25, 0.3) is 0 Å². The average Bonchev–Trinajstić information content (AvgIpc) is 2.79. The number of nitrogens with zero attached hydrogens (tertiary/aromatic N) is 1. The molecule has 1 aliphatic rings. The van der Waals surface area contributed by atoms with Gasteiger partial charge in [-0.05, 0) is 32.4 Å². The van der Waals surface area contributed by atoms with E-state index in [9.17, 15) is 9.59 Å². The highest BCUT2D eigenvalue weighted by atomic mass is 16.5. The minimum atomic E-state index is -0.642. The van der Waals surface area contributed by atoms with Crippen molar-refractivity contribution >= 4 is 11.8 Å². The number of carbonyl (C=O) groups is 2. The predicted octanol–water partition coefficient (Wildman–Crippen LogP) is 4.05. The van der Waals surface area contributed by atoms with Crippen LogP contribution in [0.1, 0.15) is 73.6 Å². The van der Waals surface area contributed by atoms with Gasteiger partial charge < -0.3 is 4.74 Å². The standard InChI is InChI=1S/C19H27NO3/c1-4-5-6-7-10-13-23-14-19(2,3)20-17(21)15-11-8-9-12-16(15)18(20)22/h8-9,11-12H,4-7,10,13-14H2,1-3H3. The number of ether oxygens (including phenoxy) is 1. The van der Waals surface area contributed by atoms with Gasteiger partial charge in [0.25, 0.3) is 11.8 Å². The summed E-state index contributed by atoms with van der Waals surface area (Å²) in [6.45, 7) is 7.00. The second-order valence-electron chi connectivity index (χ2n) is 6.77. The number of hydrogen-bond donors (Lipinski definition) is 0. The molecule has 1 heterocycles. The van der Waals surface area contributed by atoms with Crippen LogP contribution in [0.15, 0.2) is 24.3 Å². The number of rotatable bonds is 9. The van der Waals surface area contributed by atoms with Crippen LogP contribution in [-0.2, 0) is 4.74 Å². The molecule has 1 aliphatic heterocycles. The first-order valence-electron chi connectivity index (χ1n) is 8.54. The fourth-order valence-corrected chi connectivity index (χ4v) is 2.93. The molecule has 4 heteroatoms. The van der Waals surface area contributed by atoms with Gasteiger partial charge >= 0.3 is 0 Å². The monoisotopic (exact) mass is 317 g/mol. The van der Waals surface area contributed by atoms with Crippen LogP contribution < -0.4 is 0 Å². The molecular formula is C19H27NO3. The van der Waals surface area contributed by atoms with Gasteiger partial charge in [-0.25, -0.2) is 0 Å². The molecule has 0 atom stereocenters. The van der Waals surface area contributed by atoms with Gasteiger partial charge in [-0.1, -0.05) is 44.7 Å². The Morgan fingerprint density at radius 3 is 2.09 bits per heavy atom. The average molecular weight is 317 g/mol. The van der Waals surface area contributed by atoms with E-state index in [1.54, 1.807) is 24.3 Å². The zero-order valence-electron chi connectivity index (χ0n) is 14.4. The number of amides is 2. The van der Waals surface area contributed by atoms with Crippen molar-refractivity contribution in [1.29, 1.82) is 0 Å². The summed E-state index contributed by atoms with van der Waals surface area (Å²) in [6, 6.07) is 6.99. The molecule has 0 N–H and O–H groups in total. The molecule has 0 fully saturated rings. The number of fused-ring (bicyclic) bond motifs is 1. The van der Waals surface area contributed by atoms with Gasteiger partial charge in [0, 0.05) is 6.61 Å². The predicted molar refractivity (Wildman–Crippen MR) is 90.6 cm³/mol. The van der Waals surface area contributed by atoms with Gasteiger partial charge in [0.15, 0.2) is 0 Å². The fourth-order valence-electron chi connectivity index (χ4n) is 2.93. The summed E-state index contributed by atoms with van der Waals surface area (Å²) < 4.78 is 5.74. The Labute approximate surface area is 138 Å². The highest BCUT2D eigenvalue weighted by Crippen LogP contribution is 2.29. The molecule has 0 aliphatic carbocycles. The van der Waals surface area contributed by atoms with Crippen molar-refractivity contribution in [2.24, 2.45) is 0 Å². The maximum absolute atomic E-state index is 12.5. The molecule has 0 radical (unpaired) electrons. The summed E-state index contributed by atoms with van der Waals surface area (Å²) in [7, 11) is 0. The van der Waals surface area contributed by atoms with Gasteiger partial charge in [-0.3, -0.25) is 14.5 Å². The third kappa shape index (κ3) is 3.99. The van der Waals surface area contributed by atoms with Crippen molar-refractivity contribution in [3.63, 3.8) is 0 Å². The molecule has 0 bridgehead atoms. The summed E-state index contributed by atoms with van der Waals surface area (Å²) in [5, 5.41) is 0. The number of unbranched alkanes of at least 4 members (excludes halogenated alkanes) is 4. The third-order valence-electron chi connectivity index (χ3n) is 4.25.